The van der Waals surface area contributed by atoms with E-state index in [1.54, 1.807) is 7.11 Å². The number of nitrogens with zero attached hydrogens (tertiary/aromatic N) is 1. The van der Waals surface area contributed by atoms with Crippen LogP contribution in [0.3, 0.4) is 0 Å². The molecule has 0 saturated carbocycles. The van der Waals surface area contributed by atoms with Gasteiger partial charge < -0.3 is 20.3 Å². The standard InChI is InChI=1S/C38H54N2O3/c1-8-37(5,9-2)29-22-28(36(42)33(23-29)38(6,10-3)11-4)24-39-25-30-17-15-21-40(30)26-27-16-14-19-32(35(27)41)31-18-12-13-20-34(31)43-7/h12-14,16,18-20,22-23,30,39,41-42H,8-11,15,17,21,24-26H2,1-7H3/t30-/m0/s1. The van der Waals surface area contributed by atoms with Crippen LogP contribution >= 0.6 is 0 Å². The van der Waals surface area contributed by atoms with E-state index in [2.05, 4.69) is 63.9 Å². The first-order chi connectivity index (χ1) is 20.6. The van der Waals surface area contributed by atoms with Crippen molar-refractivity contribution in [2.45, 2.75) is 110 Å². The molecule has 1 aliphatic heterocycles. The number of likely N-dealkylation sites (tertiary alicyclic amines) is 1. The summed E-state index contributed by atoms with van der Waals surface area (Å²) in [4.78, 5) is 2.48. The maximum atomic E-state index is 11.6. The molecule has 234 valence electrons. The van der Waals surface area contributed by atoms with Crippen LogP contribution < -0.4 is 10.1 Å². The largest absolute Gasteiger partial charge is 0.507 e. The number of nitrogens with one attached hydrogen (secondary N) is 1. The molecule has 1 atom stereocenters. The van der Waals surface area contributed by atoms with E-state index in [0.717, 1.165) is 85.2 Å². The Morgan fingerprint density at radius 2 is 1.51 bits per heavy atom. The number of rotatable bonds is 14. The lowest BCUT2D eigenvalue weighted by Crippen LogP contribution is -2.37. The Morgan fingerprint density at radius 3 is 2.19 bits per heavy atom. The van der Waals surface area contributed by atoms with E-state index in [1.165, 1.54) is 5.56 Å². The highest BCUT2D eigenvalue weighted by atomic mass is 16.5. The highest BCUT2D eigenvalue weighted by molar-refractivity contribution is 5.76. The average molecular weight is 587 g/mol. The molecule has 0 spiro atoms. The van der Waals surface area contributed by atoms with Crippen LogP contribution in [-0.2, 0) is 23.9 Å². The zero-order valence-electron chi connectivity index (χ0n) is 27.6. The summed E-state index contributed by atoms with van der Waals surface area (Å²) < 4.78 is 5.56. The van der Waals surface area contributed by atoms with Crippen molar-refractivity contribution < 1.29 is 14.9 Å². The lowest BCUT2D eigenvalue weighted by atomic mass is 9.71. The molecular formula is C38H54N2O3. The van der Waals surface area contributed by atoms with E-state index in [4.69, 9.17) is 4.74 Å². The van der Waals surface area contributed by atoms with E-state index in [1.807, 2.05) is 42.5 Å². The molecule has 1 saturated heterocycles. The number of hydrogen-bond acceptors (Lipinski definition) is 5. The fraction of sp³-hybridized carbons (Fsp3) is 0.526. The molecule has 0 unspecified atom stereocenters. The summed E-state index contributed by atoms with van der Waals surface area (Å²) >= 11 is 0. The highest BCUT2D eigenvalue weighted by Gasteiger charge is 2.32. The molecule has 0 aliphatic carbocycles. The lowest BCUT2D eigenvalue weighted by molar-refractivity contribution is 0.236. The van der Waals surface area contributed by atoms with Crippen LogP contribution in [0.4, 0.5) is 0 Å². The third-order valence-corrected chi connectivity index (χ3v) is 10.7. The molecule has 1 heterocycles. The normalized spacial score (nSPS) is 16.1. The zero-order valence-corrected chi connectivity index (χ0v) is 27.6. The SMILES string of the molecule is CCC(C)(CC)c1cc(CNC[C@@H]2CCCN2Cc2cccc(-c3ccccc3OC)c2O)c(O)c(C(C)(CC)CC)c1. The molecule has 3 aromatic rings. The quantitative estimate of drug-likeness (QED) is 0.176. The molecule has 3 N–H and O–H groups in total. The number of benzene rings is 3. The van der Waals surface area contributed by atoms with Gasteiger partial charge in [0.15, 0.2) is 0 Å². The first-order valence-corrected chi connectivity index (χ1v) is 16.4. The van der Waals surface area contributed by atoms with Gasteiger partial charge in [0.25, 0.3) is 0 Å². The van der Waals surface area contributed by atoms with Gasteiger partial charge in [-0.05, 0) is 67.5 Å². The smallest absolute Gasteiger partial charge is 0.128 e. The maximum absolute atomic E-state index is 11.6. The predicted octanol–water partition coefficient (Wildman–Crippen LogP) is 8.68. The topological polar surface area (TPSA) is 65.0 Å². The molecule has 1 fully saturated rings. The van der Waals surface area contributed by atoms with Crippen molar-refractivity contribution in [2.75, 3.05) is 20.2 Å². The van der Waals surface area contributed by atoms with E-state index in [9.17, 15) is 10.2 Å². The van der Waals surface area contributed by atoms with Crippen LogP contribution in [0.25, 0.3) is 11.1 Å². The van der Waals surface area contributed by atoms with Gasteiger partial charge in [-0.2, -0.15) is 0 Å². The maximum Gasteiger partial charge on any atom is 0.128 e. The Hall–Kier alpha value is -3.02. The number of phenols is 2. The minimum absolute atomic E-state index is 0.0558. The monoisotopic (exact) mass is 586 g/mol. The predicted molar refractivity (Wildman–Crippen MR) is 179 cm³/mol. The van der Waals surface area contributed by atoms with Crippen LogP contribution in [0.1, 0.15) is 102 Å². The van der Waals surface area contributed by atoms with Gasteiger partial charge in [0, 0.05) is 53.5 Å². The van der Waals surface area contributed by atoms with E-state index in [0.29, 0.717) is 30.6 Å². The van der Waals surface area contributed by atoms with Crippen molar-refractivity contribution in [3.05, 3.63) is 76.9 Å². The molecule has 0 aromatic heterocycles. The second-order valence-electron chi connectivity index (χ2n) is 13.0. The molecule has 5 nitrogen and oxygen atoms in total. The second kappa shape index (κ2) is 14.2. The Labute approximate surface area is 260 Å². The number of ether oxygens (including phenoxy) is 1. The zero-order chi connectivity index (χ0) is 31.2. The molecular weight excluding hydrogens is 532 g/mol. The number of para-hydroxylation sites is 2. The minimum Gasteiger partial charge on any atom is -0.507 e. The van der Waals surface area contributed by atoms with Crippen LogP contribution in [0.5, 0.6) is 17.2 Å². The van der Waals surface area contributed by atoms with Crippen molar-refractivity contribution in [1.82, 2.24) is 10.2 Å². The second-order valence-corrected chi connectivity index (χ2v) is 13.0. The van der Waals surface area contributed by atoms with E-state index < -0.39 is 0 Å². The van der Waals surface area contributed by atoms with Crippen LogP contribution in [0, 0.1) is 0 Å². The highest BCUT2D eigenvalue weighted by Crippen LogP contribution is 2.43. The van der Waals surface area contributed by atoms with Crippen molar-refractivity contribution in [3.8, 4) is 28.4 Å². The summed E-state index contributed by atoms with van der Waals surface area (Å²) in [6.07, 6.45) is 6.37. The molecule has 1 aliphatic rings. The summed E-state index contributed by atoms with van der Waals surface area (Å²) in [5, 5.41) is 26.6. The summed E-state index contributed by atoms with van der Waals surface area (Å²) in [5.41, 5.74) is 6.09. The van der Waals surface area contributed by atoms with Gasteiger partial charge in [-0.1, -0.05) is 90.1 Å². The third kappa shape index (κ3) is 6.89. The number of phenolic OH excluding ortho intramolecular Hbond substituents is 2. The Balaban J connectivity index is 1.52. The molecule has 4 rings (SSSR count). The lowest BCUT2D eigenvalue weighted by Gasteiger charge is -2.34. The number of aromatic hydroxyl groups is 2. The van der Waals surface area contributed by atoms with E-state index in [-0.39, 0.29) is 10.8 Å². The Morgan fingerprint density at radius 1 is 0.837 bits per heavy atom. The van der Waals surface area contributed by atoms with Gasteiger partial charge in [0.1, 0.15) is 17.2 Å². The minimum atomic E-state index is -0.0558. The van der Waals surface area contributed by atoms with Crippen molar-refractivity contribution in [2.24, 2.45) is 0 Å². The molecule has 0 amide bonds. The molecule has 5 heteroatoms. The van der Waals surface area contributed by atoms with Crippen molar-refractivity contribution in [1.29, 1.82) is 0 Å². The molecule has 0 bridgehead atoms. The summed E-state index contributed by atoms with van der Waals surface area (Å²) in [6.45, 7) is 16.8. The molecule has 3 aromatic carbocycles. The summed E-state index contributed by atoms with van der Waals surface area (Å²) in [7, 11) is 1.66. The fourth-order valence-electron chi connectivity index (χ4n) is 6.66. The van der Waals surface area contributed by atoms with Crippen LogP contribution in [0.2, 0.25) is 0 Å². The molecule has 0 radical (unpaired) electrons. The summed E-state index contributed by atoms with van der Waals surface area (Å²) in [5.74, 6) is 1.54. The van der Waals surface area contributed by atoms with Gasteiger partial charge in [-0.25, -0.2) is 0 Å². The van der Waals surface area contributed by atoms with Crippen molar-refractivity contribution >= 4 is 0 Å². The van der Waals surface area contributed by atoms with Gasteiger partial charge in [0.2, 0.25) is 0 Å². The van der Waals surface area contributed by atoms with Crippen LogP contribution in [-0.4, -0.2) is 41.4 Å². The van der Waals surface area contributed by atoms with Crippen LogP contribution in [0.15, 0.2) is 54.6 Å². The van der Waals surface area contributed by atoms with Crippen molar-refractivity contribution in [3.63, 3.8) is 0 Å². The van der Waals surface area contributed by atoms with Gasteiger partial charge in [-0.15, -0.1) is 0 Å². The van der Waals surface area contributed by atoms with Gasteiger partial charge in [0.05, 0.1) is 7.11 Å². The average Bonchev–Trinajstić information content (AvgIpc) is 3.48. The first-order valence-electron chi connectivity index (χ1n) is 16.4. The third-order valence-electron chi connectivity index (χ3n) is 10.7. The first kappa shape index (κ1) is 32.9. The Kier molecular flexibility index (Phi) is 10.8. The molecule has 43 heavy (non-hydrogen) atoms. The van der Waals surface area contributed by atoms with E-state index >= 15 is 0 Å². The number of methoxy groups -OCH3 is 1. The number of hydrogen-bond donors (Lipinski definition) is 3. The Bertz CT molecular complexity index is 1360. The van der Waals surface area contributed by atoms with Gasteiger partial charge in [-0.3, -0.25) is 4.90 Å². The van der Waals surface area contributed by atoms with Gasteiger partial charge >= 0.3 is 0 Å². The fourth-order valence-corrected chi connectivity index (χ4v) is 6.66. The summed E-state index contributed by atoms with van der Waals surface area (Å²) in [6, 6.07) is 18.7.